The smallest absolute Gasteiger partial charge is 0.321 e. The van der Waals surface area contributed by atoms with Crippen LogP contribution in [0.1, 0.15) is 41.0 Å². The summed E-state index contributed by atoms with van der Waals surface area (Å²) < 4.78 is 116. The van der Waals surface area contributed by atoms with Crippen LogP contribution in [0.15, 0.2) is 29.2 Å². The van der Waals surface area contributed by atoms with E-state index in [-0.39, 0.29) is 29.8 Å². The first-order valence-corrected chi connectivity index (χ1v) is 12.1. The van der Waals surface area contributed by atoms with Gasteiger partial charge in [-0.25, -0.2) is 13.4 Å². The Balaban J connectivity index is 1.75. The summed E-state index contributed by atoms with van der Waals surface area (Å²) in [5.41, 5.74) is -6.21. The molecule has 0 bridgehead atoms. The molecule has 3 atom stereocenters. The third kappa shape index (κ3) is 4.77. The first-order chi connectivity index (χ1) is 15.5. The number of hydrogen-bond donors (Lipinski definition) is 2. The van der Waals surface area contributed by atoms with E-state index in [1.165, 1.54) is 18.2 Å². The zero-order chi connectivity index (χ0) is 25.3. The number of carbonyl (C=O) groups is 1. The lowest BCUT2D eigenvalue weighted by Gasteiger charge is -2.14. The summed E-state index contributed by atoms with van der Waals surface area (Å²) in [6.07, 6.45) is -9.47. The fourth-order valence-electron chi connectivity index (χ4n) is 3.83. The Bertz CT molecular complexity index is 1250. The number of carbonyl (C=O) groups excluding carboxylic acids is 1. The van der Waals surface area contributed by atoms with Crippen LogP contribution in [0.2, 0.25) is 0 Å². The summed E-state index contributed by atoms with van der Waals surface area (Å²) in [6.45, 7) is -0.637. The molecule has 186 valence electrons. The lowest BCUT2D eigenvalue weighted by molar-refractivity contribution is -0.151. The van der Waals surface area contributed by atoms with Gasteiger partial charge in [-0.15, -0.1) is 0 Å². The first kappa shape index (κ1) is 24.5. The van der Waals surface area contributed by atoms with Crippen LogP contribution in [0.4, 0.5) is 36.4 Å². The summed E-state index contributed by atoms with van der Waals surface area (Å²) in [6, 6.07) is 5.08. The van der Waals surface area contributed by atoms with E-state index in [0.717, 1.165) is 12.3 Å². The Labute approximate surface area is 189 Å². The zero-order valence-corrected chi connectivity index (χ0v) is 18.4. The molecule has 1 aromatic heterocycles. The minimum atomic E-state index is -5.20. The molecule has 1 unspecified atom stereocenters. The Morgan fingerprint density at radius 2 is 1.91 bits per heavy atom. The van der Waals surface area contributed by atoms with Crippen molar-refractivity contribution in [1.29, 1.82) is 4.78 Å². The van der Waals surface area contributed by atoms with E-state index in [9.17, 15) is 39.7 Å². The standard InChI is InChI=1S/C20H19F7N4O2S/c1-34(28,33)12-4-2-3-11(8-12)29-17(32)15-14(20(25,26)27)16(18(21)5-6-18)30-31(15)9-10-7-13(10)19(22,23)24/h2-4,8,10,13,28H,5-7,9H2,1H3,(H,29,32)/t10?,13-,34+/m1/s1. The van der Waals surface area contributed by atoms with E-state index in [0.29, 0.717) is 4.68 Å². The molecule has 1 heterocycles. The van der Waals surface area contributed by atoms with Crippen LogP contribution in [0, 0.1) is 16.6 Å². The van der Waals surface area contributed by atoms with E-state index < -0.39 is 69.0 Å². The molecule has 4 rings (SSSR count). The molecule has 2 aliphatic carbocycles. The number of amides is 1. The van der Waals surface area contributed by atoms with Crippen molar-refractivity contribution in [3.05, 3.63) is 41.2 Å². The highest BCUT2D eigenvalue weighted by molar-refractivity contribution is 7.91. The summed E-state index contributed by atoms with van der Waals surface area (Å²) in [5, 5.41) is 5.83. The molecule has 2 N–H and O–H groups in total. The minimum Gasteiger partial charge on any atom is -0.321 e. The highest BCUT2D eigenvalue weighted by Gasteiger charge is 2.58. The normalized spacial score (nSPS) is 23.3. The predicted molar refractivity (Wildman–Crippen MR) is 106 cm³/mol. The molecule has 0 saturated heterocycles. The topological polar surface area (TPSA) is 87.8 Å². The van der Waals surface area contributed by atoms with Gasteiger partial charge in [-0.1, -0.05) is 6.07 Å². The molecule has 0 aliphatic heterocycles. The number of nitrogens with zero attached hydrogens (tertiary/aromatic N) is 2. The Morgan fingerprint density at radius 1 is 1.26 bits per heavy atom. The molecule has 2 fully saturated rings. The van der Waals surface area contributed by atoms with Crippen LogP contribution in [-0.2, 0) is 28.1 Å². The lowest BCUT2D eigenvalue weighted by Crippen LogP contribution is -2.24. The molecule has 34 heavy (non-hydrogen) atoms. The van der Waals surface area contributed by atoms with Crippen molar-refractivity contribution >= 4 is 21.3 Å². The van der Waals surface area contributed by atoms with Gasteiger partial charge in [-0.3, -0.25) is 9.48 Å². The molecule has 0 spiro atoms. The van der Waals surface area contributed by atoms with Gasteiger partial charge >= 0.3 is 12.4 Å². The van der Waals surface area contributed by atoms with Gasteiger partial charge < -0.3 is 5.32 Å². The van der Waals surface area contributed by atoms with Crippen molar-refractivity contribution in [3.8, 4) is 0 Å². The van der Waals surface area contributed by atoms with Gasteiger partial charge in [0, 0.05) is 23.4 Å². The van der Waals surface area contributed by atoms with Crippen LogP contribution in [0.5, 0.6) is 0 Å². The number of nitrogens with one attached hydrogen (secondary N) is 2. The van der Waals surface area contributed by atoms with E-state index in [1.54, 1.807) is 0 Å². The van der Waals surface area contributed by atoms with Crippen molar-refractivity contribution in [3.63, 3.8) is 0 Å². The van der Waals surface area contributed by atoms with Crippen molar-refractivity contribution in [2.45, 2.75) is 48.7 Å². The Hall–Kier alpha value is -2.64. The molecule has 1 amide bonds. The second kappa shape index (κ2) is 7.68. The first-order valence-electron chi connectivity index (χ1n) is 10.1. The number of hydrogen-bond acceptors (Lipinski definition) is 4. The monoisotopic (exact) mass is 512 g/mol. The van der Waals surface area contributed by atoms with Gasteiger partial charge in [0.2, 0.25) is 0 Å². The SMILES string of the molecule is C[S@](=N)(=O)c1cccc(NC(=O)c2c(C(F)(F)F)c(C3(F)CC3)nn2CC2C[C@H]2C(F)(F)F)c1. The van der Waals surface area contributed by atoms with Crippen LogP contribution in [0.3, 0.4) is 0 Å². The highest BCUT2D eigenvalue weighted by Crippen LogP contribution is 2.54. The lowest BCUT2D eigenvalue weighted by atomic mass is 10.1. The highest BCUT2D eigenvalue weighted by atomic mass is 32.2. The maximum absolute atomic E-state index is 14.8. The van der Waals surface area contributed by atoms with Gasteiger partial charge in [0.1, 0.15) is 17.0 Å². The molecule has 6 nitrogen and oxygen atoms in total. The number of alkyl halides is 7. The van der Waals surface area contributed by atoms with Crippen molar-refractivity contribution in [2.75, 3.05) is 11.6 Å². The van der Waals surface area contributed by atoms with Crippen molar-refractivity contribution < 1.29 is 39.7 Å². The molecular weight excluding hydrogens is 493 g/mol. The summed E-state index contributed by atoms with van der Waals surface area (Å²) in [5.74, 6) is -4.19. The Morgan fingerprint density at radius 3 is 2.41 bits per heavy atom. The van der Waals surface area contributed by atoms with E-state index in [1.807, 2.05) is 0 Å². The van der Waals surface area contributed by atoms with Crippen LogP contribution in [0.25, 0.3) is 0 Å². The zero-order valence-electron chi connectivity index (χ0n) is 17.6. The van der Waals surface area contributed by atoms with E-state index >= 15 is 0 Å². The van der Waals surface area contributed by atoms with E-state index in [2.05, 4.69) is 10.4 Å². The van der Waals surface area contributed by atoms with Crippen LogP contribution < -0.4 is 5.32 Å². The summed E-state index contributed by atoms with van der Waals surface area (Å²) in [7, 11) is -3.21. The quantitative estimate of drug-likeness (QED) is 0.512. The predicted octanol–water partition coefficient (Wildman–Crippen LogP) is 5.35. The maximum atomic E-state index is 14.8. The molecular formula is C20H19F7N4O2S. The molecule has 2 saturated carbocycles. The third-order valence-corrected chi connectivity index (χ3v) is 7.01. The van der Waals surface area contributed by atoms with Gasteiger partial charge in [0.05, 0.1) is 15.6 Å². The Kier molecular flexibility index (Phi) is 5.53. The molecule has 14 heteroatoms. The average Bonchev–Trinajstić information content (AvgIpc) is 3.58. The van der Waals surface area contributed by atoms with Crippen molar-refractivity contribution in [1.82, 2.24) is 9.78 Å². The van der Waals surface area contributed by atoms with E-state index in [4.69, 9.17) is 4.78 Å². The molecule has 0 radical (unpaired) electrons. The summed E-state index contributed by atoms with van der Waals surface area (Å²) in [4.78, 5) is 13.0. The third-order valence-electron chi connectivity index (χ3n) is 5.86. The summed E-state index contributed by atoms with van der Waals surface area (Å²) >= 11 is 0. The van der Waals surface area contributed by atoms with Gasteiger partial charge in [0.25, 0.3) is 5.91 Å². The fraction of sp³-hybridized carbons (Fsp3) is 0.500. The van der Waals surface area contributed by atoms with Crippen LogP contribution >= 0.6 is 0 Å². The number of halogens is 7. The molecule has 1 aromatic carbocycles. The fourth-order valence-corrected chi connectivity index (χ4v) is 4.52. The number of benzene rings is 1. The van der Waals surface area contributed by atoms with Gasteiger partial charge in [-0.05, 0) is 43.4 Å². The second-order valence-corrected chi connectivity index (χ2v) is 10.8. The minimum absolute atomic E-state index is 0.00207. The number of rotatable bonds is 6. The van der Waals surface area contributed by atoms with Gasteiger partial charge in [0.15, 0.2) is 5.67 Å². The maximum Gasteiger partial charge on any atom is 0.420 e. The largest absolute Gasteiger partial charge is 0.420 e. The van der Waals surface area contributed by atoms with Crippen LogP contribution in [-0.4, -0.2) is 32.3 Å². The molecule has 2 aliphatic rings. The second-order valence-electron chi connectivity index (χ2n) is 8.69. The van der Waals surface area contributed by atoms with Crippen molar-refractivity contribution in [2.24, 2.45) is 11.8 Å². The number of anilines is 1. The molecule has 2 aromatic rings. The average molecular weight is 512 g/mol. The van der Waals surface area contributed by atoms with Gasteiger partial charge in [-0.2, -0.15) is 31.4 Å². The number of aromatic nitrogens is 2.